The maximum atomic E-state index is 12.2. The molecule has 0 atom stereocenters. The fourth-order valence-electron chi connectivity index (χ4n) is 2.02. The second-order valence-corrected chi connectivity index (χ2v) is 5.33. The largest absolute Gasteiger partial charge is 0.411 e. The van der Waals surface area contributed by atoms with Gasteiger partial charge < -0.3 is 21.1 Å². The van der Waals surface area contributed by atoms with Crippen molar-refractivity contribution in [2.45, 2.75) is 12.8 Å². The minimum atomic E-state index is -4.37. The number of alkyl halides is 3. The molecule has 0 bridgehead atoms. The van der Waals surface area contributed by atoms with Gasteiger partial charge in [0.1, 0.15) is 6.61 Å². The van der Waals surface area contributed by atoms with E-state index in [2.05, 4.69) is 15.4 Å². The molecule has 0 spiro atoms. The molecule has 0 saturated heterocycles. The Morgan fingerprint density at radius 1 is 0.923 bits per heavy atom. The standard InChI is InChI=1S/C17H16F3N3O3/c18-17(19,20)10-26-9-11-1-3-12(4-2-11)15(24)22-13-5-7-14(8-6-13)23-16(21)25/h1-8H,9-10H2,(H,22,24)(H3,21,23,25). The fourth-order valence-corrected chi connectivity index (χ4v) is 2.02. The molecule has 0 aliphatic carbocycles. The van der Waals surface area contributed by atoms with Crippen molar-refractivity contribution in [3.8, 4) is 0 Å². The minimum Gasteiger partial charge on any atom is -0.367 e. The summed E-state index contributed by atoms with van der Waals surface area (Å²) in [4.78, 5) is 22.9. The number of anilines is 2. The Hall–Kier alpha value is -3.07. The topological polar surface area (TPSA) is 93.5 Å². The van der Waals surface area contributed by atoms with Gasteiger partial charge in [0.2, 0.25) is 0 Å². The Morgan fingerprint density at radius 3 is 1.96 bits per heavy atom. The van der Waals surface area contributed by atoms with E-state index in [9.17, 15) is 22.8 Å². The molecular formula is C17H16F3N3O3. The van der Waals surface area contributed by atoms with E-state index in [0.29, 0.717) is 22.5 Å². The number of benzene rings is 2. The maximum Gasteiger partial charge on any atom is 0.411 e. The van der Waals surface area contributed by atoms with E-state index in [4.69, 9.17) is 5.73 Å². The number of hydrogen-bond donors (Lipinski definition) is 3. The molecule has 0 heterocycles. The molecule has 0 aliphatic heterocycles. The zero-order valence-corrected chi connectivity index (χ0v) is 13.5. The van der Waals surface area contributed by atoms with Crippen LogP contribution in [-0.2, 0) is 11.3 Å². The first kappa shape index (κ1) is 19.3. The molecule has 0 saturated carbocycles. The van der Waals surface area contributed by atoms with E-state index in [1.54, 1.807) is 24.3 Å². The lowest BCUT2D eigenvalue weighted by Gasteiger charge is -2.09. The number of hydrogen-bond acceptors (Lipinski definition) is 3. The van der Waals surface area contributed by atoms with Gasteiger partial charge in [-0.3, -0.25) is 4.79 Å². The van der Waals surface area contributed by atoms with E-state index >= 15 is 0 Å². The van der Waals surface area contributed by atoms with Crippen molar-refractivity contribution in [1.82, 2.24) is 0 Å². The molecule has 2 aromatic carbocycles. The van der Waals surface area contributed by atoms with E-state index in [-0.39, 0.29) is 12.5 Å². The number of nitrogens with two attached hydrogens (primary N) is 1. The van der Waals surface area contributed by atoms with Crippen molar-refractivity contribution in [3.05, 3.63) is 59.7 Å². The number of halogens is 3. The van der Waals surface area contributed by atoms with Crippen molar-refractivity contribution in [2.24, 2.45) is 5.73 Å². The third-order valence-electron chi connectivity index (χ3n) is 3.16. The Balaban J connectivity index is 1.90. The zero-order chi connectivity index (χ0) is 19.2. The molecule has 138 valence electrons. The number of ether oxygens (including phenoxy) is 1. The van der Waals surface area contributed by atoms with Gasteiger partial charge in [-0.2, -0.15) is 13.2 Å². The molecule has 0 radical (unpaired) electrons. The SMILES string of the molecule is NC(=O)Nc1ccc(NC(=O)c2ccc(COCC(F)(F)F)cc2)cc1. The first-order valence-corrected chi connectivity index (χ1v) is 7.44. The molecule has 0 aromatic heterocycles. The molecule has 0 unspecified atom stereocenters. The van der Waals surface area contributed by atoms with Crippen LogP contribution in [0.2, 0.25) is 0 Å². The van der Waals surface area contributed by atoms with E-state index in [1.807, 2.05) is 0 Å². The van der Waals surface area contributed by atoms with Crippen LogP contribution in [-0.4, -0.2) is 24.7 Å². The van der Waals surface area contributed by atoms with Gasteiger partial charge in [-0.1, -0.05) is 12.1 Å². The fraction of sp³-hybridized carbons (Fsp3) is 0.176. The lowest BCUT2D eigenvalue weighted by atomic mass is 10.1. The lowest BCUT2D eigenvalue weighted by Crippen LogP contribution is -2.19. The minimum absolute atomic E-state index is 0.199. The highest BCUT2D eigenvalue weighted by molar-refractivity contribution is 6.04. The van der Waals surface area contributed by atoms with Crippen LogP contribution in [0.3, 0.4) is 0 Å². The summed E-state index contributed by atoms with van der Waals surface area (Å²) in [7, 11) is 0. The Kier molecular flexibility index (Phi) is 6.18. The zero-order valence-electron chi connectivity index (χ0n) is 13.5. The summed E-state index contributed by atoms with van der Waals surface area (Å²) in [6.45, 7) is -1.52. The van der Waals surface area contributed by atoms with Crippen LogP contribution in [0.15, 0.2) is 48.5 Å². The van der Waals surface area contributed by atoms with Crippen LogP contribution in [0.4, 0.5) is 29.3 Å². The summed E-state index contributed by atoms with van der Waals surface area (Å²) in [5.74, 6) is -0.386. The third kappa shape index (κ3) is 6.44. The average molecular weight is 367 g/mol. The number of carbonyl (C=O) groups excluding carboxylic acids is 2. The molecule has 26 heavy (non-hydrogen) atoms. The average Bonchev–Trinajstić information content (AvgIpc) is 2.55. The number of primary amides is 1. The van der Waals surface area contributed by atoms with Crippen molar-refractivity contribution < 1.29 is 27.5 Å². The summed E-state index contributed by atoms with van der Waals surface area (Å²) < 4.78 is 40.6. The molecular weight excluding hydrogens is 351 g/mol. The quantitative estimate of drug-likeness (QED) is 0.729. The smallest absolute Gasteiger partial charge is 0.367 e. The Morgan fingerprint density at radius 2 is 1.46 bits per heavy atom. The second kappa shape index (κ2) is 8.34. The van der Waals surface area contributed by atoms with Crippen LogP contribution in [0.1, 0.15) is 15.9 Å². The summed E-state index contributed by atoms with van der Waals surface area (Å²) >= 11 is 0. The van der Waals surface area contributed by atoms with Gasteiger partial charge in [0.15, 0.2) is 0 Å². The number of nitrogens with one attached hydrogen (secondary N) is 2. The summed E-state index contributed by atoms with van der Waals surface area (Å²) in [5, 5.41) is 5.05. The highest BCUT2D eigenvalue weighted by Crippen LogP contribution is 2.17. The van der Waals surface area contributed by atoms with Crippen LogP contribution in [0.25, 0.3) is 0 Å². The van der Waals surface area contributed by atoms with Crippen molar-refractivity contribution in [1.29, 1.82) is 0 Å². The van der Waals surface area contributed by atoms with E-state index in [1.165, 1.54) is 24.3 Å². The molecule has 0 fully saturated rings. The van der Waals surface area contributed by atoms with Gasteiger partial charge >= 0.3 is 12.2 Å². The number of rotatable bonds is 6. The van der Waals surface area contributed by atoms with Gasteiger partial charge in [-0.05, 0) is 42.0 Å². The number of carbonyl (C=O) groups is 2. The van der Waals surface area contributed by atoms with Crippen molar-refractivity contribution in [3.63, 3.8) is 0 Å². The summed E-state index contributed by atoms with van der Waals surface area (Å²) in [6, 6.07) is 11.6. The predicted octanol–water partition coefficient (Wildman–Crippen LogP) is 3.51. The predicted molar refractivity (Wildman–Crippen MR) is 89.8 cm³/mol. The van der Waals surface area contributed by atoms with Crippen LogP contribution >= 0.6 is 0 Å². The molecule has 2 rings (SSSR count). The van der Waals surface area contributed by atoms with Crippen LogP contribution in [0.5, 0.6) is 0 Å². The van der Waals surface area contributed by atoms with Gasteiger partial charge in [0, 0.05) is 16.9 Å². The summed E-state index contributed by atoms with van der Waals surface area (Å²) in [6.07, 6.45) is -4.37. The third-order valence-corrected chi connectivity index (χ3v) is 3.16. The highest BCUT2D eigenvalue weighted by Gasteiger charge is 2.27. The Bertz CT molecular complexity index is 760. The van der Waals surface area contributed by atoms with Crippen molar-refractivity contribution in [2.75, 3.05) is 17.2 Å². The van der Waals surface area contributed by atoms with Crippen molar-refractivity contribution >= 4 is 23.3 Å². The monoisotopic (exact) mass is 367 g/mol. The molecule has 9 heteroatoms. The number of urea groups is 1. The van der Waals surface area contributed by atoms with Gasteiger partial charge in [0.25, 0.3) is 5.91 Å². The molecule has 3 amide bonds. The van der Waals surface area contributed by atoms with E-state index in [0.717, 1.165) is 0 Å². The first-order valence-electron chi connectivity index (χ1n) is 7.44. The van der Waals surface area contributed by atoms with Gasteiger partial charge in [-0.15, -0.1) is 0 Å². The molecule has 4 N–H and O–H groups in total. The molecule has 6 nitrogen and oxygen atoms in total. The highest BCUT2D eigenvalue weighted by atomic mass is 19.4. The second-order valence-electron chi connectivity index (χ2n) is 5.33. The lowest BCUT2D eigenvalue weighted by molar-refractivity contribution is -0.176. The number of amides is 3. The normalized spacial score (nSPS) is 11.0. The summed E-state index contributed by atoms with van der Waals surface area (Å²) in [5.41, 5.74) is 6.84. The van der Waals surface area contributed by atoms with Gasteiger partial charge in [0.05, 0.1) is 6.61 Å². The molecule has 0 aliphatic rings. The Labute approximate surface area is 147 Å². The maximum absolute atomic E-state index is 12.2. The van der Waals surface area contributed by atoms with Crippen LogP contribution in [0, 0.1) is 0 Å². The van der Waals surface area contributed by atoms with E-state index < -0.39 is 18.8 Å². The van der Waals surface area contributed by atoms with Gasteiger partial charge in [-0.25, -0.2) is 4.79 Å². The van der Waals surface area contributed by atoms with Crippen LogP contribution < -0.4 is 16.4 Å². The first-order chi connectivity index (χ1) is 12.2. The molecule has 2 aromatic rings.